The monoisotopic (exact) mass is 258 g/mol. The highest BCUT2D eigenvalue weighted by Crippen LogP contribution is 2.15. The van der Waals surface area contributed by atoms with Gasteiger partial charge in [-0.05, 0) is 12.8 Å². The van der Waals surface area contributed by atoms with E-state index in [9.17, 15) is 4.79 Å². The third kappa shape index (κ3) is 9.10. The van der Waals surface area contributed by atoms with E-state index >= 15 is 0 Å². The second-order valence-corrected chi connectivity index (χ2v) is 5.01. The van der Waals surface area contributed by atoms with Crippen molar-refractivity contribution < 1.29 is 4.79 Å². The quantitative estimate of drug-likeness (QED) is 0.468. The molecule has 0 heterocycles. The average Bonchev–Trinajstić information content (AvgIpc) is 2.27. The maximum Gasteiger partial charge on any atom is 0.223 e. The van der Waals surface area contributed by atoms with Gasteiger partial charge < -0.3 is 11.1 Å². The first-order chi connectivity index (χ1) is 8.11. The number of hydrogen-bond acceptors (Lipinski definition) is 2. The van der Waals surface area contributed by atoms with Crippen molar-refractivity contribution in [3.05, 3.63) is 0 Å². The summed E-state index contributed by atoms with van der Waals surface area (Å²) in [4.78, 5) is 12.4. The fraction of sp³-hybridized carbons (Fsp3) is 0.846. The third-order valence-corrected chi connectivity index (χ3v) is 3.04. The molecule has 4 heteroatoms. The highest BCUT2D eigenvalue weighted by atomic mass is 32.1. The summed E-state index contributed by atoms with van der Waals surface area (Å²) < 4.78 is 0. The van der Waals surface area contributed by atoms with Gasteiger partial charge in [-0.1, -0.05) is 51.7 Å². The van der Waals surface area contributed by atoms with E-state index in [2.05, 4.69) is 19.2 Å². The molecular formula is C13H26N2OS. The summed E-state index contributed by atoms with van der Waals surface area (Å²) in [7, 11) is 0. The van der Waals surface area contributed by atoms with E-state index in [1.54, 1.807) is 0 Å². The number of carbonyl (C=O) groups excluding carboxylic acids is 1. The third-order valence-electron chi connectivity index (χ3n) is 2.83. The summed E-state index contributed by atoms with van der Waals surface area (Å²) in [5, 5.41) is 2.92. The predicted molar refractivity (Wildman–Crippen MR) is 77.0 cm³/mol. The zero-order chi connectivity index (χ0) is 13.1. The van der Waals surface area contributed by atoms with Crippen molar-refractivity contribution in [2.75, 3.05) is 6.54 Å². The molecule has 0 bridgehead atoms. The van der Waals surface area contributed by atoms with Crippen molar-refractivity contribution in [3.8, 4) is 0 Å². The number of hydrogen-bond donors (Lipinski definition) is 2. The molecule has 0 aromatic carbocycles. The summed E-state index contributed by atoms with van der Waals surface area (Å²) >= 11 is 4.78. The Balaban J connectivity index is 3.91. The summed E-state index contributed by atoms with van der Waals surface area (Å²) in [5.74, 6) is 0.331. The Bertz CT molecular complexity index is 231. The molecule has 0 aliphatic heterocycles. The van der Waals surface area contributed by atoms with E-state index in [4.69, 9.17) is 18.0 Å². The molecule has 100 valence electrons. The minimum Gasteiger partial charge on any atom is -0.393 e. The highest BCUT2D eigenvalue weighted by molar-refractivity contribution is 7.80. The van der Waals surface area contributed by atoms with E-state index in [0.717, 1.165) is 25.7 Å². The van der Waals surface area contributed by atoms with Gasteiger partial charge in [0.25, 0.3) is 0 Å². The number of amides is 1. The minimum absolute atomic E-state index is 0.165. The molecule has 0 saturated carbocycles. The smallest absolute Gasteiger partial charge is 0.223 e. The van der Waals surface area contributed by atoms with Gasteiger partial charge in [-0.3, -0.25) is 4.79 Å². The molecule has 17 heavy (non-hydrogen) atoms. The maximum absolute atomic E-state index is 11.9. The highest BCUT2D eigenvalue weighted by Gasteiger charge is 2.16. The van der Waals surface area contributed by atoms with Gasteiger partial charge in [-0.25, -0.2) is 0 Å². The van der Waals surface area contributed by atoms with Crippen LogP contribution in [-0.2, 0) is 4.79 Å². The van der Waals surface area contributed by atoms with Crippen molar-refractivity contribution in [1.82, 2.24) is 5.32 Å². The Labute approximate surface area is 111 Å². The number of thiocarbonyl (C=S) groups is 1. The van der Waals surface area contributed by atoms with E-state index in [1.807, 2.05) is 0 Å². The molecule has 3 nitrogen and oxygen atoms in total. The molecule has 0 fully saturated rings. The molecular weight excluding hydrogens is 232 g/mol. The molecule has 0 aliphatic carbocycles. The predicted octanol–water partition coefficient (Wildman–Crippen LogP) is 2.78. The topological polar surface area (TPSA) is 55.1 Å². The van der Waals surface area contributed by atoms with Gasteiger partial charge >= 0.3 is 0 Å². The van der Waals surface area contributed by atoms with E-state index in [0.29, 0.717) is 18.0 Å². The summed E-state index contributed by atoms with van der Waals surface area (Å²) in [6.07, 6.45) is 7.17. The van der Waals surface area contributed by atoms with Gasteiger partial charge in [0.1, 0.15) is 0 Å². The Kier molecular flexibility index (Phi) is 10.1. The maximum atomic E-state index is 11.9. The molecule has 3 N–H and O–H groups in total. The normalized spacial score (nSPS) is 12.1. The molecule has 0 saturated heterocycles. The van der Waals surface area contributed by atoms with Gasteiger partial charge in [-0.2, -0.15) is 0 Å². The van der Waals surface area contributed by atoms with Gasteiger partial charge in [-0.15, -0.1) is 0 Å². The second kappa shape index (κ2) is 10.5. The molecule has 1 amide bonds. The first-order valence-corrected chi connectivity index (χ1v) is 7.08. The van der Waals surface area contributed by atoms with E-state index in [1.165, 1.54) is 12.8 Å². The van der Waals surface area contributed by atoms with Crippen molar-refractivity contribution in [2.45, 2.75) is 58.8 Å². The summed E-state index contributed by atoms with van der Waals surface area (Å²) in [6, 6.07) is 0. The fourth-order valence-corrected chi connectivity index (χ4v) is 1.95. The lowest BCUT2D eigenvalue weighted by atomic mass is 9.95. The lowest BCUT2D eigenvalue weighted by Crippen LogP contribution is -2.33. The van der Waals surface area contributed by atoms with Crippen LogP contribution < -0.4 is 11.1 Å². The van der Waals surface area contributed by atoms with Crippen LogP contribution >= 0.6 is 12.2 Å². The van der Waals surface area contributed by atoms with Gasteiger partial charge in [0, 0.05) is 18.9 Å². The lowest BCUT2D eigenvalue weighted by Gasteiger charge is -2.15. The van der Waals surface area contributed by atoms with E-state index < -0.39 is 0 Å². The molecule has 1 unspecified atom stereocenters. The van der Waals surface area contributed by atoms with Crippen LogP contribution in [0, 0.1) is 5.92 Å². The molecule has 0 spiro atoms. The Morgan fingerprint density at radius 3 is 2.47 bits per heavy atom. The first-order valence-electron chi connectivity index (χ1n) is 6.67. The fourth-order valence-electron chi connectivity index (χ4n) is 1.85. The zero-order valence-electron chi connectivity index (χ0n) is 11.1. The van der Waals surface area contributed by atoms with Crippen molar-refractivity contribution in [3.63, 3.8) is 0 Å². The Hall–Kier alpha value is -0.640. The molecule has 0 rings (SSSR count). The van der Waals surface area contributed by atoms with Gasteiger partial charge in [0.15, 0.2) is 0 Å². The number of nitrogens with one attached hydrogen (secondary N) is 1. The lowest BCUT2D eigenvalue weighted by molar-refractivity contribution is -0.125. The van der Waals surface area contributed by atoms with Gasteiger partial charge in [0.05, 0.1) is 4.99 Å². The number of rotatable bonds is 10. The van der Waals surface area contributed by atoms with Crippen LogP contribution in [0.3, 0.4) is 0 Å². The van der Waals surface area contributed by atoms with Crippen LogP contribution in [0.25, 0.3) is 0 Å². The van der Waals surface area contributed by atoms with Crippen LogP contribution in [0.5, 0.6) is 0 Å². The number of nitrogens with two attached hydrogens (primary N) is 1. The van der Waals surface area contributed by atoms with Crippen LogP contribution in [0.1, 0.15) is 58.8 Å². The number of unbranched alkanes of at least 4 members (excludes halogenated alkanes) is 2. The summed E-state index contributed by atoms with van der Waals surface area (Å²) in [6.45, 7) is 4.87. The van der Waals surface area contributed by atoms with Crippen molar-refractivity contribution in [1.29, 1.82) is 0 Å². The van der Waals surface area contributed by atoms with Gasteiger partial charge in [0.2, 0.25) is 5.91 Å². The van der Waals surface area contributed by atoms with Crippen LogP contribution in [0.15, 0.2) is 0 Å². The zero-order valence-corrected chi connectivity index (χ0v) is 11.9. The Morgan fingerprint density at radius 1 is 1.24 bits per heavy atom. The molecule has 0 aromatic rings. The second-order valence-electron chi connectivity index (χ2n) is 4.49. The average molecular weight is 258 g/mol. The van der Waals surface area contributed by atoms with Crippen LogP contribution in [0.4, 0.5) is 0 Å². The Morgan fingerprint density at radius 2 is 1.94 bits per heavy atom. The van der Waals surface area contributed by atoms with Crippen molar-refractivity contribution in [2.24, 2.45) is 11.7 Å². The van der Waals surface area contributed by atoms with Crippen molar-refractivity contribution >= 4 is 23.1 Å². The molecule has 0 aromatic heterocycles. The van der Waals surface area contributed by atoms with Crippen LogP contribution in [-0.4, -0.2) is 17.4 Å². The minimum atomic E-state index is 0.165. The first kappa shape index (κ1) is 16.4. The van der Waals surface area contributed by atoms with E-state index in [-0.39, 0.29) is 11.8 Å². The summed E-state index contributed by atoms with van der Waals surface area (Å²) in [5.41, 5.74) is 5.39. The SMILES string of the molecule is CCCCCC(CCC)C(=O)NCCC(N)=S. The largest absolute Gasteiger partial charge is 0.393 e. The van der Waals surface area contributed by atoms with Crippen LogP contribution in [0.2, 0.25) is 0 Å². The molecule has 0 aliphatic rings. The number of carbonyl (C=O) groups is 1. The molecule has 0 radical (unpaired) electrons. The molecule has 1 atom stereocenters. The standard InChI is InChI=1S/C13H26N2OS/c1-3-5-6-8-11(7-4-2)13(16)15-10-9-12(14)17/h11H,3-10H2,1-2H3,(H2,14,17)(H,15,16).